The summed E-state index contributed by atoms with van der Waals surface area (Å²) < 4.78 is 0. The highest BCUT2D eigenvalue weighted by Crippen LogP contribution is 2.11. The molecule has 1 aliphatic heterocycles. The highest BCUT2D eigenvalue weighted by molar-refractivity contribution is 5.86. The molecule has 14 heavy (non-hydrogen) atoms. The maximum absolute atomic E-state index is 11.0. The second-order valence-corrected chi connectivity index (χ2v) is 3.89. The van der Waals surface area contributed by atoms with Crippen molar-refractivity contribution in [2.75, 3.05) is 19.6 Å². The molecule has 3 nitrogen and oxygen atoms in total. The molecule has 0 radical (unpaired) electrons. The Morgan fingerprint density at radius 2 is 2.14 bits per heavy atom. The topological polar surface area (TPSA) is 32.3 Å². The van der Waals surface area contributed by atoms with Gasteiger partial charge < -0.3 is 5.32 Å². The van der Waals surface area contributed by atoms with E-state index in [1.54, 1.807) is 0 Å². The summed E-state index contributed by atoms with van der Waals surface area (Å²) in [4.78, 5) is 13.4. The highest BCUT2D eigenvalue weighted by Gasteiger charge is 2.16. The predicted molar refractivity (Wildman–Crippen MR) is 58.1 cm³/mol. The first-order valence-electron chi connectivity index (χ1n) is 5.38. The third kappa shape index (κ3) is 3.50. The minimum Gasteiger partial charge on any atom is -0.351 e. The number of rotatable bonds is 4. The van der Waals surface area contributed by atoms with Crippen molar-refractivity contribution in [3.63, 3.8) is 0 Å². The van der Waals surface area contributed by atoms with Gasteiger partial charge in [-0.3, -0.25) is 9.69 Å². The number of carbonyl (C=O) groups is 1. The average molecular weight is 196 g/mol. The molecule has 1 heterocycles. The Balaban J connectivity index is 2.22. The summed E-state index contributed by atoms with van der Waals surface area (Å²) in [6.07, 6.45) is 5.25. The molecule has 0 aromatic rings. The molecule has 1 fully saturated rings. The molecule has 0 aromatic heterocycles. The van der Waals surface area contributed by atoms with Crippen molar-refractivity contribution in [3.05, 3.63) is 12.7 Å². The largest absolute Gasteiger partial charge is 0.351 e. The van der Waals surface area contributed by atoms with Crippen LogP contribution in [0.25, 0.3) is 0 Å². The quantitative estimate of drug-likeness (QED) is 0.684. The third-order valence-electron chi connectivity index (χ3n) is 2.77. The van der Waals surface area contributed by atoms with Gasteiger partial charge >= 0.3 is 0 Å². The summed E-state index contributed by atoms with van der Waals surface area (Å²) >= 11 is 0. The lowest BCUT2D eigenvalue weighted by Crippen LogP contribution is -2.44. The smallest absolute Gasteiger partial charge is 0.243 e. The summed E-state index contributed by atoms with van der Waals surface area (Å²) in [7, 11) is 0. The van der Waals surface area contributed by atoms with Gasteiger partial charge in [0.05, 0.1) is 0 Å². The van der Waals surface area contributed by atoms with Crippen LogP contribution in [0, 0.1) is 0 Å². The number of carbonyl (C=O) groups excluding carboxylic acids is 1. The van der Waals surface area contributed by atoms with Crippen molar-refractivity contribution in [2.24, 2.45) is 0 Å². The van der Waals surface area contributed by atoms with Gasteiger partial charge in [0.2, 0.25) is 5.91 Å². The van der Waals surface area contributed by atoms with Gasteiger partial charge in [-0.05, 0) is 38.9 Å². The fourth-order valence-corrected chi connectivity index (χ4v) is 1.81. The molecule has 0 aromatic carbocycles. The molecule has 0 aliphatic carbocycles. The first-order chi connectivity index (χ1) is 6.74. The minimum absolute atomic E-state index is 0.0751. The average Bonchev–Trinajstić information content (AvgIpc) is 2.26. The van der Waals surface area contributed by atoms with Crippen molar-refractivity contribution in [1.29, 1.82) is 0 Å². The summed E-state index contributed by atoms with van der Waals surface area (Å²) in [6.45, 7) is 8.66. The SMILES string of the molecule is C=CC(=O)NCC(C)N1CCCCC1. The fourth-order valence-electron chi connectivity index (χ4n) is 1.81. The summed E-state index contributed by atoms with van der Waals surface area (Å²) in [5, 5.41) is 2.83. The zero-order valence-electron chi connectivity index (χ0n) is 8.96. The van der Waals surface area contributed by atoms with Crippen molar-refractivity contribution in [2.45, 2.75) is 32.2 Å². The molecule has 0 bridgehead atoms. The number of hydrogen-bond donors (Lipinski definition) is 1. The summed E-state index contributed by atoms with van der Waals surface area (Å²) in [5.74, 6) is -0.0751. The zero-order valence-corrected chi connectivity index (χ0v) is 8.96. The molecule has 0 saturated carbocycles. The van der Waals surface area contributed by atoms with Gasteiger partial charge in [-0.1, -0.05) is 13.0 Å². The van der Waals surface area contributed by atoms with Crippen molar-refractivity contribution in [3.8, 4) is 0 Å². The lowest BCUT2D eigenvalue weighted by atomic mass is 10.1. The highest BCUT2D eigenvalue weighted by atomic mass is 16.1. The third-order valence-corrected chi connectivity index (χ3v) is 2.77. The van der Waals surface area contributed by atoms with Gasteiger partial charge in [-0.25, -0.2) is 0 Å². The zero-order chi connectivity index (χ0) is 10.4. The van der Waals surface area contributed by atoms with Crippen LogP contribution in [0.15, 0.2) is 12.7 Å². The second kappa shape index (κ2) is 5.81. The van der Waals surface area contributed by atoms with Crippen molar-refractivity contribution in [1.82, 2.24) is 10.2 Å². The van der Waals surface area contributed by atoms with Crippen LogP contribution in [-0.2, 0) is 4.79 Å². The molecular weight excluding hydrogens is 176 g/mol. The van der Waals surface area contributed by atoms with E-state index in [2.05, 4.69) is 23.7 Å². The number of amides is 1. The maximum atomic E-state index is 11.0. The van der Waals surface area contributed by atoms with Crippen LogP contribution in [0.4, 0.5) is 0 Å². The van der Waals surface area contributed by atoms with Gasteiger partial charge in [-0.2, -0.15) is 0 Å². The Morgan fingerprint density at radius 3 is 2.71 bits per heavy atom. The standard InChI is InChI=1S/C11H20N2O/c1-3-11(14)12-9-10(2)13-7-5-4-6-8-13/h3,10H,1,4-9H2,2H3,(H,12,14). The van der Waals surface area contributed by atoms with Gasteiger partial charge in [0.25, 0.3) is 0 Å². The monoisotopic (exact) mass is 196 g/mol. The second-order valence-electron chi connectivity index (χ2n) is 3.89. The number of piperidine rings is 1. The number of nitrogens with zero attached hydrogens (tertiary/aromatic N) is 1. The van der Waals surface area contributed by atoms with E-state index in [1.807, 2.05) is 0 Å². The van der Waals surface area contributed by atoms with Crippen LogP contribution < -0.4 is 5.32 Å². The summed E-state index contributed by atoms with van der Waals surface area (Å²) in [6, 6.07) is 0.444. The van der Waals surface area contributed by atoms with Crippen LogP contribution in [0.3, 0.4) is 0 Å². The van der Waals surface area contributed by atoms with E-state index >= 15 is 0 Å². The normalized spacial score (nSPS) is 20.1. The summed E-state index contributed by atoms with van der Waals surface area (Å²) in [5.41, 5.74) is 0. The van der Waals surface area contributed by atoms with Crippen LogP contribution in [0.1, 0.15) is 26.2 Å². The van der Waals surface area contributed by atoms with Crippen molar-refractivity contribution >= 4 is 5.91 Å². The Kier molecular flexibility index (Phi) is 4.66. The van der Waals surface area contributed by atoms with E-state index in [-0.39, 0.29) is 5.91 Å². The molecule has 1 atom stereocenters. The van der Waals surface area contributed by atoms with Gasteiger partial charge in [0.1, 0.15) is 0 Å². The molecule has 80 valence electrons. The van der Waals surface area contributed by atoms with Gasteiger partial charge in [0, 0.05) is 12.6 Å². The predicted octanol–water partition coefficient (Wildman–Crippen LogP) is 1.16. The molecule has 1 amide bonds. The molecule has 1 aliphatic rings. The first kappa shape index (κ1) is 11.2. The van der Waals surface area contributed by atoms with Gasteiger partial charge in [-0.15, -0.1) is 0 Å². The fraction of sp³-hybridized carbons (Fsp3) is 0.727. The molecule has 1 rings (SSSR count). The molecule has 1 unspecified atom stereocenters. The van der Waals surface area contributed by atoms with E-state index in [0.29, 0.717) is 6.04 Å². The van der Waals surface area contributed by atoms with E-state index in [9.17, 15) is 4.79 Å². The van der Waals surface area contributed by atoms with Gasteiger partial charge in [0.15, 0.2) is 0 Å². The lowest BCUT2D eigenvalue weighted by molar-refractivity contribution is -0.116. The van der Waals surface area contributed by atoms with Crippen LogP contribution >= 0.6 is 0 Å². The number of likely N-dealkylation sites (tertiary alicyclic amines) is 1. The Hall–Kier alpha value is -0.830. The Labute approximate surface area is 86.2 Å². The van der Waals surface area contributed by atoms with Crippen LogP contribution in [0.2, 0.25) is 0 Å². The number of hydrogen-bond acceptors (Lipinski definition) is 2. The van der Waals surface area contributed by atoms with E-state index in [4.69, 9.17) is 0 Å². The molecule has 3 heteroatoms. The van der Waals surface area contributed by atoms with E-state index in [0.717, 1.165) is 6.54 Å². The van der Waals surface area contributed by atoms with Crippen LogP contribution in [-0.4, -0.2) is 36.5 Å². The van der Waals surface area contributed by atoms with Crippen molar-refractivity contribution < 1.29 is 4.79 Å². The van der Waals surface area contributed by atoms with Crippen LogP contribution in [0.5, 0.6) is 0 Å². The Bertz CT molecular complexity index is 197. The maximum Gasteiger partial charge on any atom is 0.243 e. The molecule has 1 saturated heterocycles. The van der Waals surface area contributed by atoms with E-state index in [1.165, 1.54) is 38.4 Å². The Morgan fingerprint density at radius 1 is 1.50 bits per heavy atom. The molecule has 0 spiro atoms. The lowest BCUT2D eigenvalue weighted by Gasteiger charge is -2.32. The first-order valence-corrected chi connectivity index (χ1v) is 5.38. The minimum atomic E-state index is -0.0751. The molecule has 1 N–H and O–H groups in total. The molecular formula is C11H20N2O. The number of nitrogens with one attached hydrogen (secondary N) is 1. The van der Waals surface area contributed by atoms with E-state index < -0.39 is 0 Å².